The van der Waals surface area contributed by atoms with Crippen molar-refractivity contribution in [2.75, 3.05) is 67.5 Å². The summed E-state index contributed by atoms with van der Waals surface area (Å²) < 4.78 is 0. The lowest BCUT2D eigenvalue weighted by Crippen LogP contribution is -2.54. The van der Waals surface area contributed by atoms with E-state index in [9.17, 15) is 19.6 Å². The Bertz CT molecular complexity index is 1930. The second kappa shape index (κ2) is 15.2. The molecule has 282 valence electrons. The van der Waals surface area contributed by atoms with E-state index >= 15 is 0 Å². The number of amides is 3. The maximum Gasteiger partial charge on any atom is 0.274 e. The van der Waals surface area contributed by atoms with Crippen LogP contribution in [-0.4, -0.2) is 102 Å². The summed E-state index contributed by atoms with van der Waals surface area (Å²) in [5, 5.41) is 24.4. The lowest BCUT2D eigenvalue weighted by Gasteiger charge is -2.43. The molecule has 5 aliphatic heterocycles. The number of benzene rings is 2. The second-order valence-corrected chi connectivity index (χ2v) is 16.6. The van der Waals surface area contributed by atoms with Crippen LogP contribution in [0.1, 0.15) is 79.4 Å². The van der Waals surface area contributed by atoms with Gasteiger partial charge in [-0.15, -0.1) is 10.2 Å². The summed E-state index contributed by atoms with van der Waals surface area (Å²) in [7, 11) is 0. The third-order valence-electron chi connectivity index (χ3n) is 12.5. The van der Waals surface area contributed by atoms with E-state index in [1.165, 1.54) is 5.56 Å². The molecule has 12 nitrogen and oxygen atoms in total. The van der Waals surface area contributed by atoms with Gasteiger partial charge in [-0.05, 0) is 118 Å². The van der Waals surface area contributed by atoms with Crippen LogP contribution in [-0.2, 0) is 9.59 Å². The van der Waals surface area contributed by atoms with Gasteiger partial charge in [-0.2, -0.15) is 5.26 Å². The van der Waals surface area contributed by atoms with Crippen LogP contribution in [0.5, 0.6) is 0 Å². The Morgan fingerprint density at radius 3 is 2.52 bits per heavy atom. The number of piperidine rings is 3. The Hall–Kier alpha value is -4.73. The van der Waals surface area contributed by atoms with E-state index < -0.39 is 0 Å². The van der Waals surface area contributed by atoms with Gasteiger partial charge in [-0.3, -0.25) is 19.7 Å². The minimum Gasteiger partial charge on any atom is -0.374 e. The van der Waals surface area contributed by atoms with Gasteiger partial charge in [-0.25, -0.2) is 0 Å². The molecule has 5 fully saturated rings. The summed E-state index contributed by atoms with van der Waals surface area (Å²) in [6.45, 7) is 9.57. The summed E-state index contributed by atoms with van der Waals surface area (Å²) in [4.78, 5) is 46.1. The van der Waals surface area contributed by atoms with Crippen molar-refractivity contribution in [2.24, 2.45) is 11.3 Å². The monoisotopic (exact) mass is 749 g/mol. The predicted molar refractivity (Wildman–Crippen MR) is 208 cm³/mol. The van der Waals surface area contributed by atoms with E-state index in [2.05, 4.69) is 60.7 Å². The molecule has 0 saturated carbocycles. The largest absolute Gasteiger partial charge is 0.374 e. The summed E-state index contributed by atoms with van der Waals surface area (Å²) in [5.74, 6) is 1.25. The minimum atomic E-state index is -0.383. The molecule has 2 N–H and O–H groups in total. The average molecular weight is 750 g/mol. The fourth-order valence-corrected chi connectivity index (χ4v) is 9.58. The summed E-state index contributed by atoms with van der Waals surface area (Å²) >= 11 is 6.36. The lowest BCUT2D eigenvalue weighted by molar-refractivity contribution is -0.133. The Balaban J connectivity index is 0.764. The first-order valence-electron chi connectivity index (χ1n) is 19.4. The normalized spacial score (nSPS) is 23.6. The molecule has 1 unspecified atom stereocenters. The van der Waals surface area contributed by atoms with E-state index in [1.54, 1.807) is 0 Å². The van der Waals surface area contributed by atoms with Crippen LogP contribution >= 0.6 is 11.6 Å². The van der Waals surface area contributed by atoms with Crippen molar-refractivity contribution in [3.05, 3.63) is 76.4 Å². The van der Waals surface area contributed by atoms with Crippen molar-refractivity contribution < 1.29 is 14.4 Å². The Kier molecular flexibility index (Phi) is 10.2. The molecular formula is C41H48ClN9O3. The molecule has 5 aliphatic rings. The Morgan fingerprint density at radius 2 is 1.81 bits per heavy atom. The molecule has 0 radical (unpaired) electrons. The van der Waals surface area contributed by atoms with Gasteiger partial charge < -0.3 is 24.9 Å². The van der Waals surface area contributed by atoms with Gasteiger partial charge in [-0.1, -0.05) is 23.7 Å². The molecule has 0 bridgehead atoms. The van der Waals surface area contributed by atoms with Gasteiger partial charge in [0.1, 0.15) is 12.1 Å². The van der Waals surface area contributed by atoms with Gasteiger partial charge in [0.05, 0.1) is 10.6 Å². The van der Waals surface area contributed by atoms with E-state index in [1.807, 2.05) is 47.4 Å². The van der Waals surface area contributed by atoms with Crippen LogP contribution in [0.4, 0.5) is 17.2 Å². The SMILES string of the molecule is C[C@@H]1CC2(CCN(c3ccc(C(=O)N4CC(CN5CCC(c6cccc(NC7CCC(=O)NC7=O)c6)CC5)C4)nn3)CC2)CN1c1ccc(C#N)c(Cl)c1. The van der Waals surface area contributed by atoms with Crippen molar-refractivity contribution in [2.45, 2.75) is 69.9 Å². The van der Waals surface area contributed by atoms with Gasteiger partial charge in [0.2, 0.25) is 11.8 Å². The molecule has 13 heteroatoms. The number of imide groups is 1. The number of nitrogens with zero attached hydrogens (tertiary/aromatic N) is 7. The van der Waals surface area contributed by atoms with Crippen molar-refractivity contribution in [1.29, 1.82) is 5.26 Å². The zero-order chi connectivity index (χ0) is 37.4. The van der Waals surface area contributed by atoms with Crippen LogP contribution in [0.15, 0.2) is 54.6 Å². The van der Waals surface area contributed by atoms with E-state index in [0.717, 1.165) is 102 Å². The number of aromatic nitrogens is 2. The lowest BCUT2D eigenvalue weighted by atomic mass is 9.77. The topological polar surface area (TPSA) is 138 Å². The molecule has 6 heterocycles. The molecule has 54 heavy (non-hydrogen) atoms. The standard InChI is InChI=1S/C41H48ClN9O3/c1-27-21-41(26-51(27)33-6-5-31(22-43)34(42)20-33)13-17-49(18-14-41)37-9-7-36(46-47-37)40(54)50-24-28(25-50)23-48-15-11-29(12-16-48)30-3-2-4-32(19-30)44-35-8-10-38(52)45-39(35)53/h2-7,9,19-20,27-29,35,44H,8,10-18,21,23-26H2,1H3,(H,45,52,53)/t27-,35?/m1/s1. The highest BCUT2D eigenvalue weighted by molar-refractivity contribution is 6.32. The van der Waals surface area contributed by atoms with Crippen molar-refractivity contribution in [3.8, 4) is 6.07 Å². The Morgan fingerprint density at radius 1 is 1.02 bits per heavy atom. The molecule has 2 aromatic carbocycles. The molecule has 5 saturated heterocycles. The number of carbonyl (C=O) groups is 3. The number of halogens is 1. The second-order valence-electron chi connectivity index (χ2n) is 16.1. The first-order chi connectivity index (χ1) is 26.1. The molecule has 3 amide bonds. The first-order valence-corrected chi connectivity index (χ1v) is 19.8. The van der Waals surface area contributed by atoms with Gasteiger partial charge in [0.25, 0.3) is 5.91 Å². The number of nitrogens with one attached hydrogen (secondary N) is 2. The highest BCUT2D eigenvalue weighted by Gasteiger charge is 2.44. The van der Waals surface area contributed by atoms with Crippen LogP contribution in [0.2, 0.25) is 5.02 Å². The summed E-state index contributed by atoms with van der Waals surface area (Å²) in [5.41, 5.74) is 4.42. The zero-order valence-electron chi connectivity index (χ0n) is 30.8. The Labute approximate surface area is 321 Å². The van der Waals surface area contributed by atoms with E-state index in [0.29, 0.717) is 47.0 Å². The summed E-state index contributed by atoms with van der Waals surface area (Å²) in [6.07, 6.45) is 6.25. The van der Waals surface area contributed by atoms with Crippen molar-refractivity contribution in [3.63, 3.8) is 0 Å². The third-order valence-corrected chi connectivity index (χ3v) is 12.8. The average Bonchev–Trinajstić information content (AvgIpc) is 3.49. The van der Waals surface area contributed by atoms with Crippen LogP contribution in [0, 0.1) is 22.7 Å². The number of hydrogen-bond acceptors (Lipinski definition) is 10. The number of carbonyl (C=O) groups excluding carboxylic acids is 3. The highest BCUT2D eigenvalue weighted by Crippen LogP contribution is 2.46. The number of hydrogen-bond donors (Lipinski definition) is 2. The van der Waals surface area contributed by atoms with Crippen molar-refractivity contribution in [1.82, 2.24) is 25.3 Å². The maximum absolute atomic E-state index is 13.3. The predicted octanol–water partition coefficient (Wildman–Crippen LogP) is 5.06. The number of nitriles is 1. The quantitative estimate of drug-likeness (QED) is 0.301. The molecule has 1 spiro atoms. The van der Waals surface area contributed by atoms with Gasteiger partial charge in [0.15, 0.2) is 11.5 Å². The molecule has 0 aliphatic carbocycles. The zero-order valence-corrected chi connectivity index (χ0v) is 31.6. The fraction of sp³-hybridized carbons (Fsp3) is 0.512. The van der Waals surface area contributed by atoms with Gasteiger partial charge in [0, 0.05) is 69.0 Å². The number of anilines is 3. The fourth-order valence-electron chi connectivity index (χ4n) is 9.36. The molecule has 3 aromatic rings. The minimum absolute atomic E-state index is 0.0460. The number of rotatable bonds is 8. The highest BCUT2D eigenvalue weighted by atomic mass is 35.5. The van der Waals surface area contributed by atoms with Crippen molar-refractivity contribution >= 4 is 46.5 Å². The van der Waals surface area contributed by atoms with Crippen LogP contribution in [0.3, 0.4) is 0 Å². The smallest absolute Gasteiger partial charge is 0.274 e. The van der Waals surface area contributed by atoms with Crippen LogP contribution in [0.25, 0.3) is 0 Å². The first kappa shape index (κ1) is 36.3. The van der Waals surface area contributed by atoms with E-state index in [4.69, 9.17) is 11.6 Å². The van der Waals surface area contributed by atoms with Gasteiger partial charge >= 0.3 is 0 Å². The molecule has 8 rings (SSSR count). The number of likely N-dealkylation sites (tertiary alicyclic amines) is 2. The molecule has 2 atom stereocenters. The van der Waals surface area contributed by atoms with Crippen LogP contribution < -0.4 is 20.4 Å². The molecular weight excluding hydrogens is 702 g/mol. The molecule has 1 aromatic heterocycles. The maximum atomic E-state index is 13.3. The summed E-state index contributed by atoms with van der Waals surface area (Å²) in [6, 6.07) is 20.0. The van der Waals surface area contributed by atoms with E-state index in [-0.39, 0.29) is 29.2 Å². The third kappa shape index (κ3) is 7.62.